The fourth-order valence-electron chi connectivity index (χ4n) is 0.725. The van der Waals surface area contributed by atoms with Crippen LogP contribution in [0.3, 0.4) is 0 Å². The van der Waals surface area contributed by atoms with Crippen LogP contribution >= 0.6 is 0 Å². The van der Waals surface area contributed by atoms with Crippen molar-refractivity contribution in [2.75, 3.05) is 6.61 Å². The lowest BCUT2D eigenvalue weighted by atomic mass is 10.2. The van der Waals surface area contributed by atoms with E-state index < -0.39 is 8.32 Å². The van der Waals surface area contributed by atoms with Crippen molar-refractivity contribution >= 4 is 14.1 Å². The number of carbonyl (C=O) groups excluding carboxylic acids is 1. The van der Waals surface area contributed by atoms with E-state index >= 15 is 0 Å². The van der Waals surface area contributed by atoms with Gasteiger partial charge in [0.1, 0.15) is 0 Å². The number of allylic oxidation sites excluding steroid dienone is 1. The summed E-state index contributed by atoms with van der Waals surface area (Å²) in [6.45, 7) is 14.9. The number of rotatable bonds is 5. The summed E-state index contributed by atoms with van der Waals surface area (Å²) in [5.41, 5.74) is 0. The topological polar surface area (TPSA) is 26.3 Å². The minimum Gasteiger partial charge on any atom is -0.416 e. The van der Waals surface area contributed by atoms with Crippen molar-refractivity contribution in [2.45, 2.75) is 45.3 Å². The Hall–Kier alpha value is -0.413. The van der Waals surface area contributed by atoms with Crippen LogP contribution in [-0.2, 0) is 9.22 Å². The van der Waals surface area contributed by atoms with Gasteiger partial charge in [0.25, 0.3) is 0 Å². The summed E-state index contributed by atoms with van der Waals surface area (Å²) in [7, 11) is -1.67. The van der Waals surface area contributed by atoms with Gasteiger partial charge in [-0.15, -0.1) is 0 Å². The summed E-state index contributed by atoms with van der Waals surface area (Å²) in [4.78, 5) is 11.0. The molecule has 0 aromatic carbocycles. The first kappa shape index (κ1) is 13.6. The van der Waals surface area contributed by atoms with E-state index in [0.29, 0.717) is 13.0 Å². The normalized spacial score (nSPS) is 12.6. The summed E-state index contributed by atoms with van der Waals surface area (Å²) in [6, 6.07) is 0. The molecular formula is C11H22O2Si. The molecule has 14 heavy (non-hydrogen) atoms. The molecule has 0 atom stereocenters. The van der Waals surface area contributed by atoms with Crippen LogP contribution in [0.25, 0.3) is 0 Å². The predicted octanol–water partition coefficient (Wildman–Crippen LogP) is 3.15. The SMILES string of the molecule is C=CC(=O)CCO[Si](C)(C)C(C)(C)C. The smallest absolute Gasteiger partial charge is 0.191 e. The molecule has 0 amide bonds. The Balaban J connectivity index is 4.01. The molecule has 0 unspecified atom stereocenters. The fourth-order valence-corrected chi connectivity index (χ4v) is 1.77. The molecule has 0 bridgehead atoms. The lowest BCUT2D eigenvalue weighted by Crippen LogP contribution is -2.41. The first-order chi connectivity index (χ1) is 6.20. The van der Waals surface area contributed by atoms with Gasteiger partial charge in [-0.25, -0.2) is 0 Å². The Kier molecular flexibility index (Phi) is 4.75. The van der Waals surface area contributed by atoms with Crippen LogP contribution in [0.15, 0.2) is 12.7 Å². The lowest BCUT2D eigenvalue weighted by Gasteiger charge is -2.36. The maximum Gasteiger partial charge on any atom is 0.191 e. The standard InChI is InChI=1S/C11H22O2Si/c1-7-10(12)8-9-13-14(5,6)11(2,3)4/h7H,1,8-9H2,2-6H3. The van der Waals surface area contributed by atoms with Crippen molar-refractivity contribution in [3.63, 3.8) is 0 Å². The van der Waals surface area contributed by atoms with Crippen molar-refractivity contribution in [1.82, 2.24) is 0 Å². The maximum absolute atomic E-state index is 11.0. The van der Waals surface area contributed by atoms with Gasteiger partial charge >= 0.3 is 0 Å². The zero-order valence-electron chi connectivity index (χ0n) is 10.0. The summed E-state index contributed by atoms with van der Waals surface area (Å²) in [5, 5.41) is 0.213. The number of hydrogen-bond acceptors (Lipinski definition) is 2. The van der Waals surface area contributed by atoms with Crippen LogP contribution in [0.2, 0.25) is 18.1 Å². The van der Waals surface area contributed by atoms with Crippen LogP contribution in [0.5, 0.6) is 0 Å². The number of carbonyl (C=O) groups is 1. The summed E-state index contributed by atoms with van der Waals surface area (Å²) in [5.74, 6) is 0.0590. The molecule has 0 rings (SSSR count). The Bertz CT molecular complexity index is 214. The Morgan fingerprint density at radius 1 is 1.43 bits per heavy atom. The molecule has 0 saturated heterocycles. The molecule has 0 aromatic rings. The molecule has 0 aliphatic rings. The molecule has 0 spiro atoms. The van der Waals surface area contributed by atoms with E-state index in [0.717, 1.165) is 0 Å². The van der Waals surface area contributed by atoms with Crippen molar-refractivity contribution < 1.29 is 9.22 Å². The Morgan fingerprint density at radius 2 is 1.93 bits per heavy atom. The molecular weight excluding hydrogens is 192 g/mol. The largest absolute Gasteiger partial charge is 0.416 e. The lowest BCUT2D eigenvalue weighted by molar-refractivity contribution is -0.115. The van der Waals surface area contributed by atoms with Crippen LogP contribution < -0.4 is 0 Å². The van der Waals surface area contributed by atoms with Crippen LogP contribution in [0, 0.1) is 0 Å². The molecule has 0 saturated carbocycles. The van der Waals surface area contributed by atoms with Crippen molar-refractivity contribution in [2.24, 2.45) is 0 Å². The van der Waals surface area contributed by atoms with Crippen LogP contribution in [0.1, 0.15) is 27.2 Å². The fraction of sp³-hybridized carbons (Fsp3) is 0.727. The minimum absolute atomic E-state index is 0.0590. The van der Waals surface area contributed by atoms with Gasteiger partial charge in [-0.2, -0.15) is 0 Å². The maximum atomic E-state index is 11.0. The summed E-state index contributed by atoms with van der Waals surface area (Å²) in [6.07, 6.45) is 1.81. The van der Waals surface area contributed by atoms with Gasteiger partial charge < -0.3 is 4.43 Å². The third kappa shape index (κ3) is 4.20. The highest BCUT2D eigenvalue weighted by Gasteiger charge is 2.36. The Morgan fingerprint density at radius 3 is 2.29 bits per heavy atom. The third-order valence-corrected chi connectivity index (χ3v) is 7.38. The molecule has 0 N–H and O–H groups in total. The van der Waals surface area contributed by atoms with Crippen molar-refractivity contribution in [1.29, 1.82) is 0 Å². The predicted molar refractivity (Wildman–Crippen MR) is 63.0 cm³/mol. The average Bonchev–Trinajstić information content (AvgIpc) is 2.01. The van der Waals surface area contributed by atoms with E-state index in [1.54, 1.807) is 0 Å². The number of hydrogen-bond donors (Lipinski definition) is 0. The van der Waals surface area contributed by atoms with Crippen LogP contribution in [-0.4, -0.2) is 20.7 Å². The average molecular weight is 214 g/mol. The highest BCUT2D eigenvalue weighted by molar-refractivity contribution is 6.74. The molecule has 0 fully saturated rings. The summed E-state index contributed by atoms with van der Waals surface area (Å²) < 4.78 is 5.84. The van der Waals surface area contributed by atoms with Gasteiger partial charge in [0.15, 0.2) is 14.1 Å². The van der Waals surface area contributed by atoms with Gasteiger partial charge in [0, 0.05) is 13.0 Å². The van der Waals surface area contributed by atoms with Gasteiger partial charge in [0.2, 0.25) is 0 Å². The highest BCUT2D eigenvalue weighted by Crippen LogP contribution is 2.36. The first-order valence-corrected chi connectivity index (χ1v) is 7.91. The second kappa shape index (κ2) is 4.89. The van der Waals surface area contributed by atoms with E-state index in [9.17, 15) is 4.79 Å². The molecule has 0 aliphatic heterocycles. The van der Waals surface area contributed by atoms with E-state index in [1.165, 1.54) is 6.08 Å². The molecule has 0 heterocycles. The second-order valence-electron chi connectivity index (χ2n) is 5.03. The van der Waals surface area contributed by atoms with Gasteiger partial charge in [0.05, 0.1) is 0 Å². The van der Waals surface area contributed by atoms with E-state index in [1.807, 2.05) is 0 Å². The van der Waals surface area contributed by atoms with Gasteiger partial charge in [-0.05, 0) is 24.2 Å². The quantitative estimate of drug-likeness (QED) is 0.519. The third-order valence-electron chi connectivity index (χ3n) is 2.85. The second-order valence-corrected chi connectivity index (χ2v) is 9.84. The van der Waals surface area contributed by atoms with Crippen molar-refractivity contribution in [3.8, 4) is 0 Å². The zero-order valence-corrected chi connectivity index (χ0v) is 11.0. The molecule has 0 aromatic heterocycles. The molecule has 3 heteroatoms. The van der Waals surface area contributed by atoms with E-state index in [-0.39, 0.29) is 10.8 Å². The molecule has 82 valence electrons. The van der Waals surface area contributed by atoms with Gasteiger partial charge in [-0.3, -0.25) is 4.79 Å². The molecule has 0 radical (unpaired) electrons. The monoisotopic (exact) mass is 214 g/mol. The summed E-state index contributed by atoms with van der Waals surface area (Å²) >= 11 is 0. The van der Waals surface area contributed by atoms with Gasteiger partial charge in [-0.1, -0.05) is 27.4 Å². The molecule has 0 aliphatic carbocycles. The van der Waals surface area contributed by atoms with Crippen molar-refractivity contribution in [3.05, 3.63) is 12.7 Å². The number of ketones is 1. The Labute approximate surface area is 88.5 Å². The molecule has 2 nitrogen and oxygen atoms in total. The highest BCUT2D eigenvalue weighted by atomic mass is 28.4. The zero-order chi connectivity index (χ0) is 11.4. The minimum atomic E-state index is -1.67. The first-order valence-electron chi connectivity index (χ1n) is 5.00. The van der Waals surface area contributed by atoms with E-state index in [2.05, 4.69) is 40.4 Å². The van der Waals surface area contributed by atoms with E-state index in [4.69, 9.17) is 4.43 Å². The van der Waals surface area contributed by atoms with Crippen LogP contribution in [0.4, 0.5) is 0 Å².